The minimum Gasteiger partial charge on any atom is -0.298 e. The fraction of sp³-hybridized carbons (Fsp3) is 0. The number of halogens is 4. The summed E-state index contributed by atoms with van der Waals surface area (Å²) in [5.74, 6) is 0. The minimum atomic E-state index is 0.267. The summed E-state index contributed by atoms with van der Waals surface area (Å²) in [4.78, 5) is 14.9. The molecular weight excluding hydrogens is 316 g/mol. The molecule has 0 bridgehead atoms. The van der Waals surface area contributed by atoms with E-state index in [-0.39, 0.29) is 10.0 Å². The van der Waals surface area contributed by atoms with E-state index in [1.165, 1.54) is 12.3 Å². The molecule has 2 nitrogen and oxygen atoms in total. The molecule has 0 unspecified atom stereocenters. The summed E-state index contributed by atoms with van der Waals surface area (Å²) in [5, 5.41) is 1.32. The molecule has 2 rings (SSSR count). The van der Waals surface area contributed by atoms with Crippen molar-refractivity contribution in [3.8, 4) is 11.3 Å². The van der Waals surface area contributed by atoms with Crippen LogP contribution in [0.4, 0.5) is 0 Å². The Kier molecular flexibility index (Phi) is 4.13. The monoisotopic (exact) mass is 319 g/mol. The van der Waals surface area contributed by atoms with Gasteiger partial charge in [-0.1, -0.05) is 46.4 Å². The first kappa shape index (κ1) is 13.6. The summed E-state index contributed by atoms with van der Waals surface area (Å²) in [5.41, 5.74) is 1.23. The highest BCUT2D eigenvalue weighted by atomic mass is 35.5. The lowest BCUT2D eigenvalue weighted by Gasteiger charge is -2.08. The Bertz CT molecular complexity index is 628. The summed E-state index contributed by atoms with van der Waals surface area (Å²) in [6.45, 7) is 0. The van der Waals surface area contributed by atoms with Gasteiger partial charge in [0.15, 0.2) is 6.29 Å². The van der Waals surface area contributed by atoms with Gasteiger partial charge in [-0.2, -0.15) is 0 Å². The Labute approximate surface area is 123 Å². The van der Waals surface area contributed by atoms with Crippen LogP contribution in [0, 0.1) is 0 Å². The third-order valence-corrected chi connectivity index (χ3v) is 3.75. The van der Waals surface area contributed by atoms with E-state index in [9.17, 15) is 4.79 Å². The second-order valence-corrected chi connectivity index (χ2v) is 5.03. The van der Waals surface area contributed by atoms with Crippen molar-refractivity contribution >= 4 is 52.7 Å². The molecule has 6 heteroatoms. The SMILES string of the molecule is O=Cc1cc(-c2c(Cl)ccc(Cl)c2Cl)ncc1Cl. The number of aldehydes is 1. The van der Waals surface area contributed by atoms with Gasteiger partial charge >= 0.3 is 0 Å². The van der Waals surface area contributed by atoms with E-state index in [4.69, 9.17) is 46.4 Å². The number of benzene rings is 1. The summed E-state index contributed by atoms with van der Waals surface area (Å²) < 4.78 is 0. The molecule has 0 atom stereocenters. The number of carbonyl (C=O) groups is 1. The van der Waals surface area contributed by atoms with Gasteiger partial charge < -0.3 is 0 Å². The third-order valence-electron chi connectivity index (χ3n) is 2.31. The van der Waals surface area contributed by atoms with Gasteiger partial charge in [0.2, 0.25) is 0 Å². The summed E-state index contributed by atoms with van der Waals surface area (Å²) >= 11 is 23.9. The number of pyridine rings is 1. The smallest absolute Gasteiger partial charge is 0.151 e. The first-order valence-electron chi connectivity index (χ1n) is 4.79. The van der Waals surface area contributed by atoms with E-state index in [0.29, 0.717) is 33.2 Å². The van der Waals surface area contributed by atoms with Gasteiger partial charge in [-0.05, 0) is 18.2 Å². The van der Waals surface area contributed by atoms with Crippen LogP contribution in [0.1, 0.15) is 10.4 Å². The molecule has 0 amide bonds. The van der Waals surface area contributed by atoms with Crippen molar-refractivity contribution in [1.29, 1.82) is 0 Å². The Morgan fingerprint density at radius 1 is 1.00 bits per heavy atom. The Morgan fingerprint density at radius 2 is 1.67 bits per heavy atom. The quantitative estimate of drug-likeness (QED) is 0.564. The molecular formula is C12H5Cl4NO. The fourth-order valence-corrected chi connectivity index (χ4v) is 2.31. The summed E-state index contributed by atoms with van der Waals surface area (Å²) in [7, 11) is 0. The Balaban J connectivity index is 2.69. The summed E-state index contributed by atoms with van der Waals surface area (Å²) in [6.07, 6.45) is 2.01. The molecule has 0 N–H and O–H groups in total. The minimum absolute atomic E-state index is 0.267. The number of rotatable bonds is 2. The molecule has 0 aliphatic heterocycles. The number of carbonyl (C=O) groups excluding carboxylic acids is 1. The van der Waals surface area contributed by atoms with Gasteiger partial charge in [0.05, 0.1) is 25.8 Å². The second kappa shape index (κ2) is 5.45. The first-order valence-corrected chi connectivity index (χ1v) is 6.30. The van der Waals surface area contributed by atoms with Gasteiger partial charge in [0.1, 0.15) is 0 Å². The molecule has 2 aromatic rings. The van der Waals surface area contributed by atoms with Crippen molar-refractivity contribution < 1.29 is 4.79 Å². The predicted octanol–water partition coefficient (Wildman–Crippen LogP) is 5.17. The average Bonchev–Trinajstić information content (AvgIpc) is 2.36. The highest BCUT2D eigenvalue weighted by molar-refractivity contribution is 6.46. The Hall–Kier alpha value is -0.800. The lowest BCUT2D eigenvalue weighted by Crippen LogP contribution is -1.91. The molecule has 0 radical (unpaired) electrons. The van der Waals surface area contributed by atoms with Crippen molar-refractivity contribution in [3.05, 3.63) is 50.0 Å². The van der Waals surface area contributed by atoms with Crippen molar-refractivity contribution in [2.24, 2.45) is 0 Å². The standard InChI is InChI=1S/C12H5Cl4NO/c13-7-1-2-8(14)12(16)11(7)10-3-6(5-18)9(15)4-17-10/h1-5H. The first-order chi connectivity index (χ1) is 8.54. The van der Waals surface area contributed by atoms with Gasteiger partial charge in [0, 0.05) is 17.3 Å². The molecule has 0 fully saturated rings. The van der Waals surface area contributed by atoms with Crippen molar-refractivity contribution in [2.75, 3.05) is 0 Å². The van der Waals surface area contributed by atoms with Gasteiger partial charge in [-0.25, -0.2) is 0 Å². The van der Waals surface area contributed by atoms with Crippen LogP contribution in [-0.4, -0.2) is 11.3 Å². The molecule has 0 saturated heterocycles. The number of hydrogen-bond donors (Lipinski definition) is 0. The molecule has 92 valence electrons. The van der Waals surface area contributed by atoms with Crippen LogP contribution >= 0.6 is 46.4 Å². The van der Waals surface area contributed by atoms with E-state index in [1.807, 2.05) is 0 Å². The molecule has 0 aliphatic carbocycles. The summed E-state index contributed by atoms with van der Waals surface area (Å²) in [6, 6.07) is 4.72. The lowest BCUT2D eigenvalue weighted by atomic mass is 10.1. The number of aromatic nitrogens is 1. The molecule has 1 aromatic carbocycles. The molecule has 1 heterocycles. The van der Waals surface area contributed by atoms with Crippen LogP contribution < -0.4 is 0 Å². The molecule has 0 saturated carbocycles. The van der Waals surface area contributed by atoms with Crippen molar-refractivity contribution in [1.82, 2.24) is 4.98 Å². The molecule has 0 aliphatic rings. The maximum Gasteiger partial charge on any atom is 0.151 e. The largest absolute Gasteiger partial charge is 0.298 e. The van der Waals surface area contributed by atoms with Gasteiger partial charge in [-0.3, -0.25) is 9.78 Å². The van der Waals surface area contributed by atoms with Crippen LogP contribution in [0.3, 0.4) is 0 Å². The Morgan fingerprint density at radius 3 is 2.33 bits per heavy atom. The van der Waals surface area contributed by atoms with E-state index < -0.39 is 0 Å². The zero-order valence-corrected chi connectivity index (χ0v) is 11.8. The third kappa shape index (κ3) is 2.47. The van der Waals surface area contributed by atoms with E-state index in [2.05, 4.69) is 4.98 Å². The maximum absolute atomic E-state index is 10.8. The lowest BCUT2D eigenvalue weighted by molar-refractivity contribution is 0.112. The topological polar surface area (TPSA) is 30.0 Å². The number of nitrogens with zero attached hydrogens (tertiary/aromatic N) is 1. The van der Waals surface area contributed by atoms with Crippen LogP contribution in [0.5, 0.6) is 0 Å². The van der Waals surface area contributed by atoms with E-state index >= 15 is 0 Å². The van der Waals surface area contributed by atoms with Crippen molar-refractivity contribution in [3.63, 3.8) is 0 Å². The van der Waals surface area contributed by atoms with Crippen LogP contribution in [0.15, 0.2) is 24.4 Å². The van der Waals surface area contributed by atoms with Crippen LogP contribution in [-0.2, 0) is 0 Å². The van der Waals surface area contributed by atoms with Gasteiger partial charge in [-0.15, -0.1) is 0 Å². The van der Waals surface area contributed by atoms with Crippen LogP contribution in [0.2, 0.25) is 20.1 Å². The molecule has 18 heavy (non-hydrogen) atoms. The fourth-order valence-electron chi connectivity index (χ4n) is 1.44. The van der Waals surface area contributed by atoms with Crippen molar-refractivity contribution in [2.45, 2.75) is 0 Å². The van der Waals surface area contributed by atoms with E-state index in [1.54, 1.807) is 12.1 Å². The highest BCUT2D eigenvalue weighted by Crippen LogP contribution is 2.38. The van der Waals surface area contributed by atoms with Crippen LogP contribution in [0.25, 0.3) is 11.3 Å². The zero-order chi connectivity index (χ0) is 13.3. The zero-order valence-electron chi connectivity index (χ0n) is 8.75. The maximum atomic E-state index is 10.8. The van der Waals surface area contributed by atoms with Gasteiger partial charge in [0.25, 0.3) is 0 Å². The normalized spacial score (nSPS) is 10.4. The van der Waals surface area contributed by atoms with E-state index in [0.717, 1.165) is 0 Å². The molecule has 0 spiro atoms. The second-order valence-electron chi connectivity index (χ2n) is 3.43. The highest BCUT2D eigenvalue weighted by Gasteiger charge is 2.14. The predicted molar refractivity (Wildman–Crippen MR) is 75.1 cm³/mol. The number of hydrogen-bond acceptors (Lipinski definition) is 2. The molecule has 1 aromatic heterocycles. The average molecular weight is 321 g/mol.